The molecule has 1 aliphatic rings. The highest BCUT2D eigenvalue weighted by molar-refractivity contribution is 7.11. The van der Waals surface area contributed by atoms with E-state index in [2.05, 4.69) is 37.9 Å². The van der Waals surface area contributed by atoms with E-state index in [1.807, 2.05) is 11.3 Å². The van der Waals surface area contributed by atoms with Gasteiger partial charge in [-0.15, -0.1) is 11.3 Å². The second-order valence-corrected chi connectivity index (χ2v) is 7.75. The van der Waals surface area contributed by atoms with E-state index >= 15 is 0 Å². The van der Waals surface area contributed by atoms with Crippen LogP contribution in [0.4, 0.5) is 0 Å². The van der Waals surface area contributed by atoms with Crippen LogP contribution in [0, 0.1) is 5.92 Å². The smallest absolute Gasteiger partial charge is 0.107 e. The fourth-order valence-electron chi connectivity index (χ4n) is 2.67. The van der Waals surface area contributed by atoms with Crippen LogP contribution < -0.4 is 5.32 Å². The van der Waals surface area contributed by atoms with E-state index in [4.69, 9.17) is 4.98 Å². The molecule has 2 heterocycles. The number of likely N-dealkylation sites (tertiary alicyclic amines) is 1. The number of rotatable bonds is 7. The first kappa shape index (κ1) is 15.9. The average Bonchev–Trinajstić information content (AvgIpc) is 2.99. The normalized spacial score (nSPS) is 16.7. The van der Waals surface area contributed by atoms with Gasteiger partial charge in [-0.1, -0.05) is 27.7 Å². The Labute approximate surface area is 127 Å². The van der Waals surface area contributed by atoms with E-state index in [-0.39, 0.29) is 0 Å². The molecular formula is C16H29N3S. The molecule has 0 unspecified atom stereocenters. The highest BCUT2D eigenvalue weighted by atomic mass is 32.1. The van der Waals surface area contributed by atoms with Gasteiger partial charge in [0.25, 0.3) is 0 Å². The number of nitrogens with zero attached hydrogens (tertiary/aromatic N) is 2. The summed E-state index contributed by atoms with van der Waals surface area (Å²) in [5.74, 6) is 1.23. The minimum Gasteiger partial charge on any atom is -0.312 e. The van der Waals surface area contributed by atoms with Crippen molar-refractivity contribution in [3.05, 3.63) is 15.6 Å². The van der Waals surface area contributed by atoms with E-state index in [0.717, 1.165) is 19.6 Å². The lowest BCUT2D eigenvalue weighted by molar-refractivity contribution is 0.330. The Hall–Kier alpha value is -0.450. The maximum Gasteiger partial charge on any atom is 0.107 e. The Morgan fingerprint density at radius 3 is 2.50 bits per heavy atom. The standard InChI is InChI=1S/C16H29N3S/c1-12(2)9-17-10-14-16(13(3)4)18-15(20-14)11-19-7-5-6-8-19/h12-13,17H,5-11H2,1-4H3. The SMILES string of the molecule is CC(C)CNCc1sc(CN2CCCC2)nc1C(C)C. The van der Waals surface area contributed by atoms with Crippen LogP contribution in [0.3, 0.4) is 0 Å². The Balaban J connectivity index is 1.99. The molecule has 0 atom stereocenters. The zero-order valence-electron chi connectivity index (χ0n) is 13.4. The molecule has 114 valence electrons. The lowest BCUT2D eigenvalue weighted by Gasteiger charge is -2.11. The Kier molecular flexibility index (Phi) is 6.00. The van der Waals surface area contributed by atoms with Gasteiger partial charge in [0.1, 0.15) is 5.01 Å². The molecule has 0 amide bonds. The molecule has 3 nitrogen and oxygen atoms in total. The number of nitrogens with one attached hydrogen (secondary N) is 1. The monoisotopic (exact) mass is 295 g/mol. The van der Waals surface area contributed by atoms with Crippen molar-refractivity contribution in [1.29, 1.82) is 0 Å². The summed E-state index contributed by atoms with van der Waals surface area (Å²) in [7, 11) is 0. The summed E-state index contributed by atoms with van der Waals surface area (Å²) in [6, 6.07) is 0. The van der Waals surface area contributed by atoms with Gasteiger partial charge in [0, 0.05) is 11.4 Å². The third-order valence-corrected chi connectivity index (χ3v) is 4.77. The molecule has 0 saturated carbocycles. The summed E-state index contributed by atoms with van der Waals surface area (Å²) < 4.78 is 0. The predicted molar refractivity (Wildman–Crippen MR) is 87.3 cm³/mol. The molecular weight excluding hydrogens is 266 g/mol. The minimum atomic E-state index is 0.523. The maximum atomic E-state index is 4.91. The van der Waals surface area contributed by atoms with Crippen LogP contribution in [-0.2, 0) is 13.1 Å². The molecule has 1 fully saturated rings. The zero-order valence-corrected chi connectivity index (χ0v) is 14.2. The van der Waals surface area contributed by atoms with Crippen molar-refractivity contribution < 1.29 is 0 Å². The summed E-state index contributed by atoms with van der Waals surface area (Å²) in [4.78, 5) is 8.88. The lowest BCUT2D eigenvalue weighted by Crippen LogP contribution is -2.19. The fourth-order valence-corrected chi connectivity index (χ4v) is 3.90. The third-order valence-electron chi connectivity index (χ3n) is 3.71. The second-order valence-electron chi connectivity index (χ2n) is 6.58. The van der Waals surface area contributed by atoms with Gasteiger partial charge in [0.2, 0.25) is 0 Å². The number of aromatic nitrogens is 1. The van der Waals surface area contributed by atoms with E-state index in [1.54, 1.807) is 0 Å². The molecule has 1 saturated heterocycles. The van der Waals surface area contributed by atoms with Crippen LogP contribution >= 0.6 is 11.3 Å². The van der Waals surface area contributed by atoms with Crippen molar-refractivity contribution in [3.63, 3.8) is 0 Å². The summed E-state index contributed by atoms with van der Waals surface area (Å²) in [6.45, 7) is 14.6. The van der Waals surface area contributed by atoms with E-state index in [0.29, 0.717) is 11.8 Å². The zero-order chi connectivity index (χ0) is 14.5. The van der Waals surface area contributed by atoms with E-state index in [9.17, 15) is 0 Å². The van der Waals surface area contributed by atoms with E-state index < -0.39 is 0 Å². The number of hydrogen-bond donors (Lipinski definition) is 1. The van der Waals surface area contributed by atoms with Gasteiger partial charge >= 0.3 is 0 Å². The minimum absolute atomic E-state index is 0.523. The lowest BCUT2D eigenvalue weighted by atomic mass is 10.1. The van der Waals surface area contributed by atoms with Crippen LogP contribution in [-0.4, -0.2) is 29.5 Å². The van der Waals surface area contributed by atoms with Crippen LogP contribution in [0.5, 0.6) is 0 Å². The van der Waals surface area contributed by atoms with Crippen LogP contribution in [0.25, 0.3) is 0 Å². The van der Waals surface area contributed by atoms with Gasteiger partial charge < -0.3 is 5.32 Å². The molecule has 0 spiro atoms. The molecule has 20 heavy (non-hydrogen) atoms. The van der Waals surface area contributed by atoms with Crippen molar-refractivity contribution in [3.8, 4) is 0 Å². The molecule has 0 aromatic carbocycles. The van der Waals surface area contributed by atoms with Gasteiger partial charge in [0.15, 0.2) is 0 Å². The molecule has 1 aromatic heterocycles. The first-order valence-corrected chi connectivity index (χ1v) is 8.79. The number of hydrogen-bond acceptors (Lipinski definition) is 4. The van der Waals surface area contributed by atoms with Gasteiger partial charge in [0.05, 0.1) is 12.2 Å². The summed E-state index contributed by atoms with van der Waals surface area (Å²) in [5, 5.41) is 4.86. The quantitative estimate of drug-likeness (QED) is 0.833. The van der Waals surface area contributed by atoms with Crippen LogP contribution in [0.1, 0.15) is 62.0 Å². The Morgan fingerprint density at radius 2 is 1.90 bits per heavy atom. The van der Waals surface area contributed by atoms with Gasteiger partial charge in [-0.3, -0.25) is 4.90 Å². The topological polar surface area (TPSA) is 28.2 Å². The summed E-state index contributed by atoms with van der Waals surface area (Å²) in [5.41, 5.74) is 1.31. The Morgan fingerprint density at radius 1 is 1.20 bits per heavy atom. The molecule has 1 N–H and O–H groups in total. The number of thiazole rings is 1. The first-order valence-electron chi connectivity index (χ1n) is 7.97. The van der Waals surface area contributed by atoms with Crippen molar-refractivity contribution in [2.45, 2.75) is 59.5 Å². The Bertz CT molecular complexity index is 406. The van der Waals surface area contributed by atoms with Gasteiger partial charge in [-0.05, 0) is 44.3 Å². The van der Waals surface area contributed by atoms with Crippen molar-refractivity contribution >= 4 is 11.3 Å². The highest BCUT2D eigenvalue weighted by Crippen LogP contribution is 2.26. The molecule has 1 aliphatic heterocycles. The first-order chi connectivity index (χ1) is 9.56. The molecule has 0 bridgehead atoms. The molecule has 0 aliphatic carbocycles. The average molecular weight is 295 g/mol. The van der Waals surface area contributed by atoms with Crippen molar-refractivity contribution in [2.24, 2.45) is 5.92 Å². The highest BCUT2D eigenvalue weighted by Gasteiger charge is 2.18. The summed E-state index contributed by atoms with van der Waals surface area (Å²) >= 11 is 1.91. The molecule has 2 rings (SSSR count). The maximum absolute atomic E-state index is 4.91. The molecule has 0 radical (unpaired) electrons. The molecule has 4 heteroatoms. The summed E-state index contributed by atoms with van der Waals surface area (Å²) in [6.07, 6.45) is 2.70. The van der Waals surface area contributed by atoms with Gasteiger partial charge in [-0.25, -0.2) is 4.98 Å². The molecule has 1 aromatic rings. The van der Waals surface area contributed by atoms with Crippen LogP contribution in [0.2, 0.25) is 0 Å². The van der Waals surface area contributed by atoms with Gasteiger partial charge in [-0.2, -0.15) is 0 Å². The van der Waals surface area contributed by atoms with Crippen molar-refractivity contribution in [1.82, 2.24) is 15.2 Å². The predicted octanol–water partition coefficient (Wildman–Crippen LogP) is 3.61. The third kappa shape index (κ3) is 4.54. The van der Waals surface area contributed by atoms with E-state index in [1.165, 1.54) is 41.5 Å². The van der Waals surface area contributed by atoms with Crippen molar-refractivity contribution in [2.75, 3.05) is 19.6 Å². The fraction of sp³-hybridized carbons (Fsp3) is 0.812. The largest absolute Gasteiger partial charge is 0.312 e. The van der Waals surface area contributed by atoms with Crippen LogP contribution in [0.15, 0.2) is 0 Å². The second kappa shape index (κ2) is 7.53.